The minimum absolute atomic E-state index is 0.255. The summed E-state index contributed by atoms with van der Waals surface area (Å²) in [6.07, 6.45) is 0.454. The number of rotatable bonds is 3. The van der Waals surface area contributed by atoms with E-state index in [4.69, 9.17) is 4.74 Å². The van der Waals surface area contributed by atoms with Crippen LogP contribution in [0.5, 0.6) is 0 Å². The zero-order valence-electron chi connectivity index (χ0n) is 13.2. The van der Waals surface area contributed by atoms with Gasteiger partial charge in [0.05, 0.1) is 19.4 Å². The molecule has 1 atom stereocenters. The molecule has 0 aromatic heterocycles. The fraction of sp³-hybridized carbons (Fsp3) is 0.533. The summed E-state index contributed by atoms with van der Waals surface area (Å²) < 4.78 is 45.7. The van der Waals surface area contributed by atoms with Crippen LogP contribution in [0.3, 0.4) is 0 Å². The number of urea groups is 1. The summed E-state index contributed by atoms with van der Waals surface area (Å²) in [6, 6.07) is 4.95. The van der Waals surface area contributed by atoms with E-state index >= 15 is 0 Å². The number of nitrogens with zero attached hydrogens (tertiary/aromatic N) is 2. The highest BCUT2D eigenvalue weighted by molar-refractivity contribution is 7.89. The lowest BCUT2D eigenvalue weighted by atomic mass is 10.3. The fourth-order valence-electron chi connectivity index (χ4n) is 2.95. The first-order chi connectivity index (χ1) is 11.5. The molecule has 0 aliphatic carbocycles. The first-order valence-corrected chi connectivity index (χ1v) is 9.34. The van der Waals surface area contributed by atoms with Crippen molar-refractivity contribution >= 4 is 16.1 Å². The Morgan fingerprint density at radius 2 is 1.92 bits per heavy atom. The summed E-state index contributed by atoms with van der Waals surface area (Å²) in [4.78, 5) is 13.5. The maximum atomic E-state index is 13.9. The lowest BCUT2D eigenvalue weighted by Gasteiger charge is -2.31. The second-order valence-electron chi connectivity index (χ2n) is 5.75. The van der Waals surface area contributed by atoms with E-state index in [1.807, 2.05) is 0 Å². The predicted octanol–water partition coefficient (Wildman–Crippen LogP) is 0.978. The quantitative estimate of drug-likeness (QED) is 0.875. The van der Waals surface area contributed by atoms with E-state index in [0.717, 1.165) is 6.07 Å². The zero-order chi connectivity index (χ0) is 17.2. The van der Waals surface area contributed by atoms with Gasteiger partial charge in [0.15, 0.2) is 0 Å². The van der Waals surface area contributed by atoms with E-state index in [1.54, 1.807) is 4.90 Å². The molecule has 7 nitrogen and oxygen atoms in total. The zero-order valence-corrected chi connectivity index (χ0v) is 14.0. The highest BCUT2D eigenvalue weighted by atomic mass is 32.2. The molecule has 3 rings (SSSR count). The van der Waals surface area contributed by atoms with Crippen molar-refractivity contribution in [2.24, 2.45) is 0 Å². The average Bonchev–Trinajstić information content (AvgIpc) is 3.05. The average molecular weight is 357 g/mol. The van der Waals surface area contributed by atoms with Gasteiger partial charge in [-0.2, -0.15) is 4.31 Å². The standard InChI is InChI=1S/C15H20FN3O4S/c16-12-4-1-2-5-13(12)24(21,22)19-7-3-6-14(19)17-15(20)18-8-10-23-11-9-18/h1-2,4-5,14H,3,6-11H2,(H,17,20). The molecule has 24 heavy (non-hydrogen) atoms. The monoisotopic (exact) mass is 357 g/mol. The summed E-state index contributed by atoms with van der Waals surface area (Å²) in [5.41, 5.74) is 0. The highest BCUT2D eigenvalue weighted by Gasteiger charge is 2.38. The fourth-order valence-corrected chi connectivity index (χ4v) is 4.63. The van der Waals surface area contributed by atoms with Crippen LogP contribution >= 0.6 is 0 Å². The first-order valence-electron chi connectivity index (χ1n) is 7.90. The van der Waals surface area contributed by atoms with E-state index in [-0.39, 0.29) is 17.5 Å². The largest absolute Gasteiger partial charge is 0.378 e. The Kier molecular flexibility index (Phi) is 5.02. The van der Waals surface area contributed by atoms with Crippen molar-refractivity contribution in [1.82, 2.24) is 14.5 Å². The Bertz CT molecular complexity index is 706. The van der Waals surface area contributed by atoms with E-state index in [1.165, 1.54) is 22.5 Å². The number of hydrogen-bond donors (Lipinski definition) is 1. The lowest BCUT2D eigenvalue weighted by molar-refractivity contribution is 0.0517. The van der Waals surface area contributed by atoms with Crippen molar-refractivity contribution in [2.45, 2.75) is 23.9 Å². The van der Waals surface area contributed by atoms with Crippen molar-refractivity contribution in [3.05, 3.63) is 30.1 Å². The Morgan fingerprint density at radius 3 is 2.62 bits per heavy atom. The van der Waals surface area contributed by atoms with E-state index in [9.17, 15) is 17.6 Å². The maximum absolute atomic E-state index is 13.9. The number of halogens is 1. The molecule has 132 valence electrons. The van der Waals surface area contributed by atoms with Crippen molar-refractivity contribution in [3.8, 4) is 0 Å². The molecular weight excluding hydrogens is 337 g/mol. The van der Waals surface area contributed by atoms with E-state index in [2.05, 4.69) is 5.32 Å². The second-order valence-corrected chi connectivity index (χ2v) is 7.61. The highest BCUT2D eigenvalue weighted by Crippen LogP contribution is 2.26. The minimum atomic E-state index is -3.99. The van der Waals surface area contributed by atoms with Crippen molar-refractivity contribution in [2.75, 3.05) is 32.8 Å². The SMILES string of the molecule is O=C(NC1CCCN1S(=O)(=O)c1ccccc1F)N1CCOCC1. The molecule has 2 heterocycles. The van der Waals surface area contributed by atoms with Gasteiger partial charge in [-0.05, 0) is 25.0 Å². The van der Waals surface area contributed by atoms with Crippen LogP contribution in [0.1, 0.15) is 12.8 Å². The number of sulfonamides is 1. The number of benzene rings is 1. The van der Waals surface area contributed by atoms with Crippen molar-refractivity contribution in [1.29, 1.82) is 0 Å². The number of ether oxygens (including phenoxy) is 1. The van der Waals surface area contributed by atoms with Crippen LogP contribution in [-0.2, 0) is 14.8 Å². The van der Waals surface area contributed by atoms with Crippen LogP contribution in [0.15, 0.2) is 29.2 Å². The minimum Gasteiger partial charge on any atom is -0.378 e. The second kappa shape index (κ2) is 7.04. The van der Waals surface area contributed by atoms with Crippen LogP contribution in [0.25, 0.3) is 0 Å². The van der Waals surface area contributed by atoms with Crippen LogP contribution in [0.4, 0.5) is 9.18 Å². The number of morpholine rings is 1. The third kappa shape index (κ3) is 3.38. The number of nitrogens with one attached hydrogen (secondary N) is 1. The molecule has 0 saturated carbocycles. The summed E-state index contributed by atoms with van der Waals surface area (Å²) in [6.45, 7) is 2.13. The molecule has 1 N–H and O–H groups in total. The number of hydrogen-bond acceptors (Lipinski definition) is 4. The molecule has 1 aromatic rings. The van der Waals surface area contributed by atoms with Gasteiger partial charge in [0, 0.05) is 19.6 Å². The van der Waals surface area contributed by atoms with Gasteiger partial charge in [0.1, 0.15) is 10.7 Å². The third-order valence-corrected chi connectivity index (χ3v) is 6.16. The molecule has 1 unspecified atom stereocenters. The van der Waals surface area contributed by atoms with Gasteiger partial charge in [-0.15, -0.1) is 0 Å². The molecule has 9 heteroatoms. The predicted molar refractivity (Wildman–Crippen MR) is 84.2 cm³/mol. The van der Waals surface area contributed by atoms with Crippen LogP contribution in [0, 0.1) is 5.82 Å². The summed E-state index contributed by atoms with van der Waals surface area (Å²) in [7, 11) is -3.99. The molecule has 2 saturated heterocycles. The number of carbonyl (C=O) groups excluding carboxylic acids is 1. The lowest BCUT2D eigenvalue weighted by Crippen LogP contribution is -2.53. The summed E-state index contributed by atoms with van der Waals surface area (Å²) in [5.74, 6) is -0.789. The molecule has 0 spiro atoms. The van der Waals surface area contributed by atoms with Crippen molar-refractivity contribution < 1.29 is 22.3 Å². The molecule has 2 amide bonds. The smallest absolute Gasteiger partial charge is 0.318 e. The van der Waals surface area contributed by atoms with Crippen LogP contribution < -0.4 is 5.32 Å². The molecule has 0 bridgehead atoms. The molecular formula is C15H20FN3O4S. The van der Waals surface area contributed by atoms with Crippen molar-refractivity contribution in [3.63, 3.8) is 0 Å². The van der Waals surface area contributed by atoms with Gasteiger partial charge in [-0.3, -0.25) is 0 Å². The number of amides is 2. The van der Waals surface area contributed by atoms with Gasteiger partial charge < -0.3 is 15.0 Å². The summed E-state index contributed by atoms with van der Waals surface area (Å²) >= 11 is 0. The first kappa shape index (κ1) is 17.1. The normalized spacial score (nSPS) is 22.5. The maximum Gasteiger partial charge on any atom is 0.318 e. The topological polar surface area (TPSA) is 79.0 Å². The molecule has 2 fully saturated rings. The van der Waals surface area contributed by atoms with E-state index < -0.39 is 22.0 Å². The Morgan fingerprint density at radius 1 is 1.21 bits per heavy atom. The molecule has 2 aliphatic heterocycles. The molecule has 2 aliphatic rings. The van der Waals surface area contributed by atoms with Crippen LogP contribution in [0.2, 0.25) is 0 Å². The Labute approximate surface area is 140 Å². The van der Waals surface area contributed by atoms with Gasteiger partial charge in [-0.25, -0.2) is 17.6 Å². The molecule has 1 aromatic carbocycles. The van der Waals surface area contributed by atoms with Gasteiger partial charge in [-0.1, -0.05) is 12.1 Å². The Hall–Kier alpha value is -1.71. The van der Waals surface area contributed by atoms with E-state index in [0.29, 0.717) is 39.1 Å². The van der Waals surface area contributed by atoms with Crippen LogP contribution in [-0.4, -0.2) is 62.7 Å². The van der Waals surface area contributed by atoms with Gasteiger partial charge in [0.2, 0.25) is 10.0 Å². The number of carbonyl (C=O) groups is 1. The Balaban J connectivity index is 1.75. The molecule has 0 radical (unpaired) electrons. The van der Waals surface area contributed by atoms with Gasteiger partial charge in [0.25, 0.3) is 0 Å². The van der Waals surface area contributed by atoms with Gasteiger partial charge >= 0.3 is 6.03 Å². The summed E-state index contributed by atoms with van der Waals surface area (Å²) in [5, 5.41) is 2.75. The third-order valence-electron chi connectivity index (χ3n) is 4.22.